The van der Waals surface area contributed by atoms with Crippen LogP contribution in [0.5, 0.6) is 0 Å². The smallest absolute Gasteiger partial charge is 0.275 e. The Bertz CT molecular complexity index is 728. The molecule has 0 spiro atoms. The second-order valence-electron chi connectivity index (χ2n) is 6.89. The Hall–Kier alpha value is -1.59. The van der Waals surface area contributed by atoms with E-state index < -0.39 is 0 Å². The van der Waals surface area contributed by atoms with Gasteiger partial charge in [0, 0.05) is 22.2 Å². The van der Waals surface area contributed by atoms with Gasteiger partial charge in [-0.3, -0.25) is 4.79 Å². The first-order valence-corrected chi connectivity index (χ1v) is 9.77. The lowest BCUT2D eigenvalue weighted by Gasteiger charge is -2.29. The molecule has 1 aliphatic heterocycles. The first-order chi connectivity index (χ1) is 12.6. The van der Waals surface area contributed by atoms with Gasteiger partial charge in [-0.15, -0.1) is 0 Å². The summed E-state index contributed by atoms with van der Waals surface area (Å²) in [6.45, 7) is 6.29. The molecule has 0 radical (unpaired) electrons. The highest BCUT2D eigenvalue weighted by Crippen LogP contribution is 2.10. The van der Waals surface area contributed by atoms with Crippen molar-refractivity contribution in [2.45, 2.75) is 13.1 Å². The minimum Gasteiger partial charge on any atom is -0.347 e. The van der Waals surface area contributed by atoms with E-state index in [1.165, 1.54) is 10.5 Å². The number of quaternary nitrogens is 2. The summed E-state index contributed by atoms with van der Waals surface area (Å²) in [5.41, 5.74) is 2.34. The van der Waals surface area contributed by atoms with E-state index in [0.717, 1.165) is 43.3 Å². The Kier molecular flexibility index (Phi) is 6.92. The standard InChI is InChI=1S/C20H23Cl2N3O/c21-18-6-4-16(5-7-18)14-24-8-10-25(11-9-24)15-20(26)23-13-17-2-1-3-19(22)12-17/h1-7,12H,8-11,13-15H2,(H,23,26)/p+2. The molecule has 2 aromatic rings. The zero-order valence-electron chi connectivity index (χ0n) is 14.7. The predicted molar refractivity (Wildman–Crippen MR) is 105 cm³/mol. The van der Waals surface area contributed by atoms with Crippen molar-refractivity contribution in [3.63, 3.8) is 0 Å². The van der Waals surface area contributed by atoms with E-state index in [0.29, 0.717) is 18.1 Å². The van der Waals surface area contributed by atoms with Crippen molar-refractivity contribution in [1.82, 2.24) is 5.32 Å². The Labute approximate surface area is 164 Å². The summed E-state index contributed by atoms with van der Waals surface area (Å²) in [7, 11) is 0. The molecule has 6 heteroatoms. The molecular weight excluding hydrogens is 369 g/mol. The number of hydrogen-bond donors (Lipinski definition) is 3. The lowest BCUT2D eigenvalue weighted by Crippen LogP contribution is -3.28. The van der Waals surface area contributed by atoms with Crippen molar-refractivity contribution in [3.05, 3.63) is 69.7 Å². The van der Waals surface area contributed by atoms with E-state index in [1.54, 1.807) is 4.90 Å². The quantitative estimate of drug-likeness (QED) is 0.660. The summed E-state index contributed by atoms with van der Waals surface area (Å²) in [6.07, 6.45) is 0. The van der Waals surface area contributed by atoms with Crippen molar-refractivity contribution in [2.24, 2.45) is 0 Å². The summed E-state index contributed by atoms with van der Waals surface area (Å²) in [5.74, 6) is 0.0983. The third-order valence-corrected chi connectivity index (χ3v) is 5.31. The molecule has 3 N–H and O–H groups in total. The highest BCUT2D eigenvalue weighted by atomic mass is 35.5. The maximum atomic E-state index is 12.2. The van der Waals surface area contributed by atoms with E-state index >= 15 is 0 Å². The number of carbonyl (C=O) groups is 1. The number of benzene rings is 2. The van der Waals surface area contributed by atoms with Crippen molar-refractivity contribution in [3.8, 4) is 0 Å². The molecule has 1 saturated heterocycles. The van der Waals surface area contributed by atoms with Crippen LogP contribution in [0.25, 0.3) is 0 Å². The Morgan fingerprint density at radius 2 is 1.58 bits per heavy atom. The zero-order valence-corrected chi connectivity index (χ0v) is 16.2. The molecule has 2 aromatic carbocycles. The first kappa shape index (κ1) is 19.2. The van der Waals surface area contributed by atoms with Gasteiger partial charge in [-0.2, -0.15) is 0 Å². The predicted octanol–water partition coefficient (Wildman–Crippen LogP) is 0.593. The van der Waals surface area contributed by atoms with Gasteiger partial charge in [0.2, 0.25) is 0 Å². The Balaban J connectivity index is 1.38. The van der Waals surface area contributed by atoms with Gasteiger partial charge in [-0.1, -0.05) is 47.5 Å². The van der Waals surface area contributed by atoms with Crippen LogP contribution in [-0.4, -0.2) is 38.6 Å². The third-order valence-electron chi connectivity index (χ3n) is 4.82. The topological polar surface area (TPSA) is 38.0 Å². The van der Waals surface area contributed by atoms with Crippen LogP contribution in [-0.2, 0) is 17.9 Å². The van der Waals surface area contributed by atoms with Crippen LogP contribution in [0.4, 0.5) is 0 Å². The second kappa shape index (κ2) is 9.38. The molecule has 1 heterocycles. The van der Waals surface area contributed by atoms with E-state index in [1.807, 2.05) is 36.4 Å². The molecule has 4 nitrogen and oxygen atoms in total. The molecule has 0 saturated carbocycles. The SMILES string of the molecule is O=C(C[NH+]1CC[NH+](Cc2ccc(Cl)cc2)CC1)NCc1cccc(Cl)c1. The van der Waals surface area contributed by atoms with Crippen LogP contribution in [0.15, 0.2) is 48.5 Å². The average Bonchev–Trinajstić information content (AvgIpc) is 2.64. The van der Waals surface area contributed by atoms with Crippen molar-refractivity contribution in [2.75, 3.05) is 32.7 Å². The number of halogens is 2. The largest absolute Gasteiger partial charge is 0.347 e. The minimum absolute atomic E-state index is 0.0983. The summed E-state index contributed by atoms with van der Waals surface area (Å²) in [4.78, 5) is 15.1. The Morgan fingerprint density at radius 3 is 2.27 bits per heavy atom. The minimum atomic E-state index is 0.0983. The van der Waals surface area contributed by atoms with Crippen LogP contribution >= 0.6 is 23.2 Å². The third kappa shape index (κ3) is 5.99. The van der Waals surface area contributed by atoms with Crippen LogP contribution in [0.2, 0.25) is 10.0 Å². The molecule has 0 aliphatic carbocycles. The highest BCUT2D eigenvalue weighted by Gasteiger charge is 2.24. The van der Waals surface area contributed by atoms with E-state index in [4.69, 9.17) is 23.2 Å². The van der Waals surface area contributed by atoms with Gasteiger partial charge in [0.25, 0.3) is 5.91 Å². The molecule has 0 aromatic heterocycles. The summed E-state index contributed by atoms with van der Waals surface area (Å²) < 4.78 is 0. The Morgan fingerprint density at radius 1 is 0.885 bits per heavy atom. The monoisotopic (exact) mass is 393 g/mol. The summed E-state index contributed by atoms with van der Waals surface area (Å²) >= 11 is 11.9. The fraction of sp³-hybridized carbons (Fsp3) is 0.350. The fourth-order valence-electron chi connectivity index (χ4n) is 3.34. The summed E-state index contributed by atoms with van der Waals surface area (Å²) in [5, 5.41) is 4.47. The molecule has 0 unspecified atom stereocenters. The van der Waals surface area contributed by atoms with Gasteiger partial charge in [0.15, 0.2) is 6.54 Å². The zero-order chi connectivity index (χ0) is 18.4. The van der Waals surface area contributed by atoms with Crippen LogP contribution in [0.3, 0.4) is 0 Å². The van der Waals surface area contributed by atoms with E-state index in [9.17, 15) is 4.79 Å². The van der Waals surface area contributed by atoms with Crippen LogP contribution in [0.1, 0.15) is 11.1 Å². The van der Waals surface area contributed by atoms with E-state index in [2.05, 4.69) is 17.4 Å². The number of nitrogens with one attached hydrogen (secondary N) is 3. The number of amides is 1. The lowest BCUT2D eigenvalue weighted by molar-refractivity contribution is -1.02. The number of rotatable bonds is 6. The van der Waals surface area contributed by atoms with Gasteiger partial charge in [-0.05, 0) is 29.8 Å². The molecule has 1 aliphatic rings. The van der Waals surface area contributed by atoms with Gasteiger partial charge >= 0.3 is 0 Å². The maximum Gasteiger partial charge on any atom is 0.275 e. The van der Waals surface area contributed by atoms with Crippen molar-refractivity contribution < 1.29 is 14.6 Å². The number of carbonyl (C=O) groups excluding carboxylic acids is 1. The maximum absolute atomic E-state index is 12.2. The van der Waals surface area contributed by atoms with E-state index in [-0.39, 0.29) is 5.91 Å². The number of hydrogen-bond acceptors (Lipinski definition) is 1. The van der Waals surface area contributed by atoms with Gasteiger partial charge in [0.05, 0.1) is 0 Å². The number of piperazine rings is 1. The van der Waals surface area contributed by atoms with Crippen LogP contribution in [0, 0.1) is 0 Å². The molecule has 3 rings (SSSR count). The molecule has 1 fully saturated rings. The fourth-order valence-corrected chi connectivity index (χ4v) is 3.68. The van der Waals surface area contributed by atoms with Gasteiger partial charge < -0.3 is 15.1 Å². The highest BCUT2D eigenvalue weighted by molar-refractivity contribution is 6.30. The van der Waals surface area contributed by atoms with Crippen molar-refractivity contribution in [1.29, 1.82) is 0 Å². The first-order valence-electron chi connectivity index (χ1n) is 9.01. The van der Waals surface area contributed by atoms with Crippen LogP contribution < -0.4 is 15.1 Å². The molecule has 26 heavy (non-hydrogen) atoms. The van der Waals surface area contributed by atoms with Gasteiger partial charge in [0.1, 0.15) is 32.7 Å². The lowest BCUT2D eigenvalue weighted by atomic mass is 10.2. The molecular formula is C20H25Cl2N3O+2. The normalized spacial score (nSPS) is 19.9. The molecule has 1 amide bonds. The average molecular weight is 394 g/mol. The summed E-state index contributed by atoms with van der Waals surface area (Å²) in [6, 6.07) is 15.7. The second-order valence-corrected chi connectivity index (χ2v) is 7.76. The molecule has 138 valence electrons. The van der Waals surface area contributed by atoms with Crippen molar-refractivity contribution >= 4 is 29.1 Å². The molecule has 0 atom stereocenters. The van der Waals surface area contributed by atoms with Gasteiger partial charge in [-0.25, -0.2) is 0 Å². The molecule has 0 bridgehead atoms.